The summed E-state index contributed by atoms with van der Waals surface area (Å²) in [4.78, 5) is 14.5. The Bertz CT molecular complexity index is 790. The molecule has 5 nitrogen and oxygen atoms in total. The van der Waals surface area contributed by atoms with E-state index in [0.29, 0.717) is 18.8 Å². The Morgan fingerprint density at radius 2 is 1.77 bits per heavy atom. The summed E-state index contributed by atoms with van der Waals surface area (Å²) in [5.74, 6) is 0.184. The number of benzene rings is 2. The van der Waals surface area contributed by atoms with Gasteiger partial charge in [0.2, 0.25) is 0 Å². The number of anilines is 1. The van der Waals surface area contributed by atoms with Gasteiger partial charge >= 0.3 is 6.03 Å². The second kappa shape index (κ2) is 7.38. The number of piperazine rings is 1. The van der Waals surface area contributed by atoms with Crippen LogP contribution in [0.2, 0.25) is 0 Å². The molecule has 0 aromatic heterocycles. The van der Waals surface area contributed by atoms with Crippen LogP contribution < -0.4 is 10.6 Å². The lowest BCUT2D eigenvalue weighted by Crippen LogP contribution is -2.48. The summed E-state index contributed by atoms with van der Waals surface area (Å²) >= 11 is 0. The third kappa shape index (κ3) is 3.99. The van der Waals surface area contributed by atoms with E-state index >= 15 is 0 Å². The number of phenolic OH excluding ortho intramolecular Hbond substituents is 1. The maximum absolute atomic E-state index is 12.6. The highest BCUT2D eigenvalue weighted by atomic mass is 16.3. The fraction of sp³-hybridized carbons (Fsp3) is 0.381. The van der Waals surface area contributed by atoms with E-state index < -0.39 is 0 Å². The molecular formula is C21H27N3O2. The first-order chi connectivity index (χ1) is 12.4. The lowest BCUT2D eigenvalue weighted by atomic mass is 9.81. The minimum absolute atomic E-state index is 0.0537. The van der Waals surface area contributed by atoms with Crippen molar-refractivity contribution in [2.75, 3.05) is 31.5 Å². The van der Waals surface area contributed by atoms with Gasteiger partial charge in [-0.2, -0.15) is 0 Å². The summed E-state index contributed by atoms with van der Waals surface area (Å²) in [5.41, 5.74) is 3.68. The molecule has 0 aliphatic carbocycles. The van der Waals surface area contributed by atoms with Crippen molar-refractivity contribution >= 4 is 11.7 Å². The number of hydrogen-bond acceptors (Lipinski definition) is 3. The third-order valence-corrected chi connectivity index (χ3v) is 4.67. The maximum atomic E-state index is 12.6. The van der Waals surface area contributed by atoms with Crippen LogP contribution in [0.3, 0.4) is 0 Å². The van der Waals surface area contributed by atoms with E-state index in [-0.39, 0.29) is 17.2 Å². The molecule has 138 valence electrons. The van der Waals surface area contributed by atoms with Crippen LogP contribution in [0, 0.1) is 0 Å². The smallest absolute Gasteiger partial charge is 0.321 e. The van der Waals surface area contributed by atoms with Gasteiger partial charge in [0.1, 0.15) is 5.75 Å². The van der Waals surface area contributed by atoms with Crippen molar-refractivity contribution < 1.29 is 9.90 Å². The molecule has 3 N–H and O–H groups in total. The Kier molecular flexibility index (Phi) is 5.18. The second-order valence-electron chi connectivity index (χ2n) is 7.69. The van der Waals surface area contributed by atoms with Crippen LogP contribution in [-0.4, -0.2) is 42.2 Å². The first-order valence-corrected chi connectivity index (χ1v) is 9.06. The molecule has 0 spiro atoms. The van der Waals surface area contributed by atoms with Crippen LogP contribution in [0.15, 0.2) is 42.5 Å². The number of aromatic hydroxyl groups is 1. The van der Waals surface area contributed by atoms with Gasteiger partial charge in [-0.1, -0.05) is 45.0 Å². The number of phenols is 1. The molecule has 0 unspecified atom stereocenters. The van der Waals surface area contributed by atoms with Gasteiger partial charge in [-0.25, -0.2) is 4.79 Å². The number of urea groups is 1. The molecule has 26 heavy (non-hydrogen) atoms. The van der Waals surface area contributed by atoms with Gasteiger partial charge in [-0.05, 0) is 34.7 Å². The van der Waals surface area contributed by atoms with Crippen LogP contribution in [0.5, 0.6) is 5.75 Å². The zero-order chi connectivity index (χ0) is 18.7. The molecule has 2 aromatic rings. The number of rotatable bonds is 2. The number of nitrogens with zero attached hydrogens (tertiary/aromatic N) is 1. The Balaban J connectivity index is 1.98. The maximum Gasteiger partial charge on any atom is 0.321 e. The van der Waals surface area contributed by atoms with Crippen molar-refractivity contribution in [2.45, 2.75) is 26.2 Å². The van der Waals surface area contributed by atoms with Gasteiger partial charge in [0.25, 0.3) is 0 Å². The van der Waals surface area contributed by atoms with Gasteiger partial charge in [0.15, 0.2) is 0 Å². The van der Waals surface area contributed by atoms with Crippen LogP contribution >= 0.6 is 0 Å². The van der Waals surface area contributed by atoms with Gasteiger partial charge in [-0.15, -0.1) is 0 Å². The van der Waals surface area contributed by atoms with Gasteiger partial charge in [0, 0.05) is 31.7 Å². The fourth-order valence-corrected chi connectivity index (χ4v) is 3.30. The zero-order valence-corrected chi connectivity index (χ0v) is 15.7. The van der Waals surface area contributed by atoms with E-state index in [9.17, 15) is 9.90 Å². The van der Waals surface area contributed by atoms with Crippen molar-refractivity contribution in [3.63, 3.8) is 0 Å². The predicted molar refractivity (Wildman–Crippen MR) is 106 cm³/mol. The zero-order valence-electron chi connectivity index (χ0n) is 15.7. The summed E-state index contributed by atoms with van der Waals surface area (Å²) < 4.78 is 0. The summed E-state index contributed by atoms with van der Waals surface area (Å²) in [7, 11) is 0. The molecule has 2 amide bonds. The molecular weight excluding hydrogens is 326 g/mol. The van der Waals surface area contributed by atoms with E-state index in [1.165, 1.54) is 5.56 Å². The van der Waals surface area contributed by atoms with Crippen molar-refractivity contribution in [3.05, 3.63) is 48.0 Å². The number of amides is 2. The number of carbonyl (C=O) groups is 1. The summed E-state index contributed by atoms with van der Waals surface area (Å²) in [5, 5.41) is 16.3. The first-order valence-electron chi connectivity index (χ1n) is 9.06. The summed E-state index contributed by atoms with van der Waals surface area (Å²) in [6.45, 7) is 9.48. The fourth-order valence-electron chi connectivity index (χ4n) is 3.30. The van der Waals surface area contributed by atoms with Crippen LogP contribution in [0.4, 0.5) is 10.5 Å². The molecule has 1 aliphatic heterocycles. The van der Waals surface area contributed by atoms with E-state index in [1.54, 1.807) is 18.2 Å². The minimum atomic E-state index is -0.105. The molecule has 0 saturated carbocycles. The largest absolute Gasteiger partial charge is 0.508 e. The van der Waals surface area contributed by atoms with E-state index in [0.717, 1.165) is 24.2 Å². The van der Waals surface area contributed by atoms with Gasteiger partial charge < -0.3 is 20.6 Å². The molecule has 1 saturated heterocycles. The SMILES string of the molecule is CC(C)(C)c1ccccc1-c1cc(O)ccc1NC(=O)N1CCNCC1. The van der Waals surface area contributed by atoms with E-state index in [4.69, 9.17) is 0 Å². The topological polar surface area (TPSA) is 64.6 Å². The Labute approximate surface area is 155 Å². The monoisotopic (exact) mass is 353 g/mol. The first kappa shape index (κ1) is 18.3. The quantitative estimate of drug-likeness (QED) is 0.720. The van der Waals surface area contributed by atoms with Crippen LogP contribution in [-0.2, 0) is 5.41 Å². The lowest BCUT2D eigenvalue weighted by Gasteiger charge is -2.28. The second-order valence-corrected chi connectivity index (χ2v) is 7.69. The molecule has 1 fully saturated rings. The van der Waals surface area contributed by atoms with Crippen molar-refractivity contribution in [2.24, 2.45) is 0 Å². The molecule has 1 aliphatic rings. The third-order valence-electron chi connectivity index (χ3n) is 4.67. The lowest BCUT2D eigenvalue weighted by molar-refractivity contribution is 0.204. The molecule has 3 rings (SSSR count). The van der Waals surface area contributed by atoms with Crippen LogP contribution in [0.25, 0.3) is 11.1 Å². The van der Waals surface area contributed by atoms with E-state index in [1.807, 2.05) is 23.1 Å². The average Bonchev–Trinajstić information content (AvgIpc) is 2.63. The molecule has 0 radical (unpaired) electrons. The summed E-state index contributed by atoms with van der Waals surface area (Å²) in [6.07, 6.45) is 0. The normalized spacial score (nSPS) is 15.0. The molecule has 2 aromatic carbocycles. The number of carbonyl (C=O) groups excluding carboxylic acids is 1. The molecule has 5 heteroatoms. The summed E-state index contributed by atoms with van der Waals surface area (Å²) in [6, 6.07) is 13.1. The minimum Gasteiger partial charge on any atom is -0.508 e. The predicted octanol–water partition coefficient (Wildman–Crippen LogP) is 3.79. The van der Waals surface area contributed by atoms with E-state index in [2.05, 4.69) is 37.5 Å². The number of hydrogen-bond donors (Lipinski definition) is 3. The Morgan fingerprint density at radius 3 is 2.46 bits per heavy atom. The van der Waals surface area contributed by atoms with Crippen LogP contribution in [0.1, 0.15) is 26.3 Å². The molecule has 0 bridgehead atoms. The van der Waals surface area contributed by atoms with Crippen molar-refractivity contribution in [1.29, 1.82) is 0 Å². The van der Waals surface area contributed by atoms with Gasteiger partial charge in [-0.3, -0.25) is 0 Å². The highest BCUT2D eigenvalue weighted by molar-refractivity contribution is 5.95. The highest BCUT2D eigenvalue weighted by Crippen LogP contribution is 2.38. The number of nitrogens with one attached hydrogen (secondary N) is 2. The Hall–Kier alpha value is -2.53. The van der Waals surface area contributed by atoms with Crippen molar-refractivity contribution in [3.8, 4) is 16.9 Å². The molecule has 0 atom stereocenters. The Morgan fingerprint density at radius 1 is 1.08 bits per heavy atom. The average molecular weight is 353 g/mol. The highest BCUT2D eigenvalue weighted by Gasteiger charge is 2.22. The molecule has 1 heterocycles. The van der Waals surface area contributed by atoms with Gasteiger partial charge in [0.05, 0.1) is 5.69 Å². The standard InChI is InChI=1S/C21H27N3O2/c1-21(2,3)18-7-5-4-6-16(18)17-14-15(25)8-9-19(17)23-20(26)24-12-10-22-11-13-24/h4-9,14,22,25H,10-13H2,1-3H3,(H,23,26). The van der Waals surface area contributed by atoms with Crippen molar-refractivity contribution in [1.82, 2.24) is 10.2 Å².